The molecule has 0 saturated heterocycles. The highest BCUT2D eigenvalue weighted by atomic mass is 28.3. The van der Waals surface area contributed by atoms with Crippen LogP contribution in [0, 0.1) is 48.1 Å². The molecule has 480 valence electrons. The topological polar surface area (TPSA) is 58.9 Å². The maximum absolute atomic E-state index is 16.1. The Labute approximate surface area is 549 Å². The van der Waals surface area contributed by atoms with E-state index in [1.54, 1.807) is 12.1 Å². The number of fused-ring (bicyclic) bond motifs is 4. The van der Waals surface area contributed by atoms with Crippen molar-refractivity contribution in [1.82, 2.24) is 0 Å². The van der Waals surface area contributed by atoms with Crippen molar-refractivity contribution in [1.29, 1.82) is 0 Å². The molecule has 92 heavy (non-hydrogen) atoms. The lowest BCUT2D eigenvalue weighted by atomic mass is 9.71. The highest BCUT2D eigenvalue weighted by Crippen LogP contribution is 2.53. The average Bonchev–Trinajstić information content (AvgIpc) is 0.747. The van der Waals surface area contributed by atoms with Gasteiger partial charge in [-0.25, -0.2) is 8.78 Å². The van der Waals surface area contributed by atoms with Gasteiger partial charge in [-0.15, -0.1) is 0 Å². The second-order valence-electron chi connectivity index (χ2n) is 33.1. The molecular formula is C84H98F2O4Si2. The lowest BCUT2D eigenvalue weighted by molar-refractivity contribution is 0.105. The Morgan fingerprint density at radius 1 is 0.402 bits per heavy atom. The standard InChI is InChI=1S/C84H98F2O4Si2/c1-51-24-31-65-57(35-51)37-54-26-29-64(92(16,17)18)46-68(54)78(65)74-43-60(84(11,12)50-82(6,7)8)41-72(80(74)88)70-45-62(86)28-34-76(70)90-48-56-22-20-19-21-55(56)47-89-75-33-27-61(85)44-69(75)71-40-59(83(9,10)49-81(3,4)5)42-73(79(71)87)77-66-32-30-63(91(13,14)15)39-58(66)38-53-25-23-52(2)36-67(53)77/h23-46,55-56,87-88H,19-22,47-50H2,1-18H3. The van der Waals surface area contributed by atoms with Gasteiger partial charge in [0.1, 0.15) is 34.6 Å². The van der Waals surface area contributed by atoms with Crippen molar-refractivity contribution in [3.05, 3.63) is 179 Å². The number of ether oxygens (including phenoxy) is 2. The molecule has 1 fully saturated rings. The third-order valence-electron chi connectivity index (χ3n) is 19.7. The van der Waals surface area contributed by atoms with E-state index < -0.39 is 27.8 Å². The molecule has 1 aliphatic carbocycles. The van der Waals surface area contributed by atoms with Gasteiger partial charge >= 0.3 is 0 Å². The first kappa shape index (κ1) is 66.2. The van der Waals surface area contributed by atoms with Crippen molar-refractivity contribution in [2.45, 2.75) is 172 Å². The number of hydrogen-bond donors (Lipinski definition) is 2. The van der Waals surface area contributed by atoms with Gasteiger partial charge in [-0.3, -0.25) is 0 Å². The van der Waals surface area contributed by atoms with Crippen LogP contribution in [0.25, 0.3) is 87.6 Å². The van der Waals surface area contributed by atoms with Gasteiger partial charge in [0.05, 0.1) is 29.4 Å². The number of aryl methyl sites for hydroxylation is 2. The van der Waals surface area contributed by atoms with Crippen LogP contribution >= 0.6 is 0 Å². The number of halogens is 2. The van der Waals surface area contributed by atoms with E-state index in [-0.39, 0.29) is 45.0 Å². The van der Waals surface area contributed by atoms with Gasteiger partial charge in [-0.2, -0.15) is 0 Å². The second-order valence-corrected chi connectivity index (χ2v) is 43.3. The first-order valence-electron chi connectivity index (χ1n) is 33.6. The third-order valence-corrected chi connectivity index (χ3v) is 23.7. The van der Waals surface area contributed by atoms with E-state index in [0.717, 1.165) is 115 Å². The fourth-order valence-electron chi connectivity index (χ4n) is 15.5. The number of hydrogen-bond acceptors (Lipinski definition) is 4. The first-order valence-corrected chi connectivity index (χ1v) is 40.6. The quantitative estimate of drug-likeness (QED) is 0.0748. The van der Waals surface area contributed by atoms with Crippen LogP contribution in [-0.4, -0.2) is 39.6 Å². The Balaban J connectivity index is 0.980. The summed E-state index contributed by atoms with van der Waals surface area (Å²) in [5.41, 5.74) is 9.02. The van der Waals surface area contributed by atoms with E-state index in [1.165, 1.54) is 34.6 Å². The van der Waals surface area contributed by atoms with E-state index in [9.17, 15) is 10.2 Å². The molecule has 0 spiro atoms. The zero-order chi connectivity index (χ0) is 66.4. The highest BCUT2D eigenvalue weighted by Gasteiger charge is 2.35. The maximum Gasteiger partial charge on any atom is 0.131 e. The van der Waals surface area contributed by atoms with E-state index in [2.05, 4.69) is 232 Å². The lowest BCUT2D eigenvalue weighted by Crippen LogP contribution is -2.37. The molecule has 8 heteroatoms. The molecular weight excluding hydrogens is 1170 g/mol. The molecule has 1 saturated carbocycles. The van der Waals surface area contributed by atoms with Gasteiger partial charge in [0.15, 0.2) is 0 Å². The zero-order valence-electron chi connectivity index (χ0n) is 58.1. The van der Waals surface area contributed by atoms with Crippen LogP contribution in [0.5, 0.6) is 23.0 Å². The molecule has 2 N–H and O–H groups in total. The van der Waals surface area contributed by atoms with Gasteiger partial charge in [0.25, 0.3) is 0 Å². The van der Waals surface area contributed by atoms with Gasteiger partial charge < -0.3 is 19.7 Å². The van der Waals surface area contributed by atoms with E-state index in [1.807, 2.05) is 0 Å². The molecule has 1 aliphatic rings. The third kappa shape index (κ3) is 13.9. The molecule has 0 amide bonds. The predicted octanol–water partition coefficient (Wildman–Crippen LogP) is 23.1. The summed E-state index contributed by atoms with van der Waals surface area (Å²) in [5.74, 6) is 0.432. The lowest BCUT2D eigenvalue weighted by Gasteiger charge is -2.34. The van der Waals surface area contributed by atoms with Crippen LogP contribution in [0.15, 0.2) is 146 Å². The molecule has 0 heterocycles. The SMILES string of the molecule is Cc1ccc2c(-c3cc(C(C)(C)CC(C)(C)C)cc(-c4cc(F)ccc4OCC4CCCCC4COc4ccc(F)cc4-c4cc(C(C)(C)CC(C)(C)C)cc(-c5c6ccc([Si](C)(C)C)cc6cc6ccc(C)cc56)c4O)c3O)c3cc([Si](C)(C)C)ccc3cc2c1. The van der Waals surface area contributed by atoms with Crippen LogP contribution in [0.4, 0.5) is 8.78 Å². The Bertz CT molecular complexity index is 4490. The van der Waals surface area contributed by atoms with Crippen molar-refractivity contribution in [2.75, 3.05) is 13.2 Å². The highest BCUT2D eigenvalue weighted by molar-refractivity contribution is 6.89. The van der Waals surface area contributed by atoms with Crippen LogP contribution in [0.3, 0.4) is 0 Å². The van der Waals surface area contributed by atoms with Crippen molar-refractivity contribution in [2.24, 2.45) is 22.7 Å². The number of aromatic hydroxyl groups is 2. The van der Waals surface area contributed by atoms with Gasteiger partial charge in [-0.1, -0.05) is 216 Å². The monoisotopic (exact) mass is 1260 g/mol. The molecule has 0 radical (unpaired) electrons. The Kier molecular flexibility index (Phi) is 17.7. The summed E-state index contributed by atoms with van der Waals surface area (Å²) in [6, 6.07) is 49.4. The Hall–Kier alpha value is -7.27. The zero-order valence-corrected chi connectivity index (χ0v) is 60.1. The minimum Gasteiger partial charge on any atom is -0.507 e. The summed E-state index contributed by atoms with van der Waals surface area (Å²) in [4.78, 5) is 0. The van der Waals surface area contributed by atoms with Crippen LogP contribution in [0.1, 0.15) is 130 Å². The number of benzene rings is 10. The Morgan fingerprint density at radius 3 is 1.26 bits per heavy atom. The predicted molar refractivity (Wildman–Crippen MR) is 394 cm³/mol. The minimum atomic E-state index is -1.78. The minimum absolute atomic E-state index is 0.0193. The molecule has 0 aliphatic heterocycles. The average molecular weight is 1270 g/mol. The largest absolute Gasteiger partial charge is 0.507 e. The summed E-state index contributed by atoms with van der Waals surface area (Å²) in [5, 5.41) is 37.7. The molecule has 2 atom stereocenters. The molecule has 11 rings (SSSR count). The summed E-state index contributed by atoms with van der Waals surface area (Å²) >= 11 is 0. The number of phenols is 2. The van der Waals surface area contributed by atoms with E-state index in [0.29, 0.717) is 58.1 Å². The van der Waals surface area contributed by atoms with Crippen molar-refractivity contribution >= 4 is 69.6 Å². The summed E-state index contributed by atoms with van der Waals surface area (Å²) in [6.07, 6.45) is 5.56. The molecule has 0 aromatic heterocycles. The molecule has 10 aromatic carbocycles. The van der Waals surface area contributed by atoms with E-state index in [4.69, 9.17) is 9.47 Å². The van der Waals surface area contributed by atoms with Crippen molar-refractivity contribution in [3.8, 4) is 67.5 Å². The van der Waals surface area contributed by atoms with E-state index >= 15 is 8.78 Å². The summed E-state index contributed by atoms with van der Waals surface area (Å²) in [6.45, 7) is 41.8. The fraction of sp³-hybridized carbons (Fsp3) is 0.381. The van der Waals surface area contributed by atoms with Gasteiger partial charge in [-0.05, 0) is 200 Å². The fourth-order valence-corrected chi connectivity index (χ4v) is 17.8. The normalized spacial score (nSPS) is 15.5. The van der Waals surface area contributed by atoms with Crippen LogP contribution in [0.2, 0.25) is 39.3 Å². The van der Waals surface area contributed by atoms with Crippen LogP contribution in [-0.2, 0) is 10.8 Å². The van der Waals surface area contributed by atoms with Gasteiger partial charge in [0, 0.05) is 44.5 Å². The summed E-state index contributed by atoms with van der Waals surface area (Å²) in [7, 11) is -3.47. The van der Waals surface area contributed by atoms with Crippen LogP contribution < -0.4 is 19.8 Å². The molecule has 2 unspecified atom stereocenters. The number of phenolic OH excluding ortho intramolecular Hbond substituents is 2. The molecule has 0 bridgehead atoms. The maximum atomic E-state index is 16.1. The van der Waals surface area contributed by atoms with Crippen molar-refractivity contribution in [3.63, 3.8) is 0 Å². The van der Waals surface area contributed by atoms with Crippen molar-refractivity contribution < 1.29 is 28.5 Å². The molecule has 4 nitrogen and oxygen atoms in total. The second kappa shape index (κ2) is 24.6. The van der Waals surface area contributed by atoms with Gasteiger partial charge in [0.2, 0.25) is 0 Å². The Morgan fingerprint density at radius 2 is 0.793 bits per heavy atom. The summed E-state index contributed by atoms with van der Waals surface area (Å²) < 4.78 is 46.3. The smallest absolute Gasteiger partial charge is 0.131 e. The number of rotatable bonds is 16. The molecule has 10 aromatic rings. The first-order chi connectivity index (χ1) is 43.0.